The van der Waals surface area contributed by atoms with Crippen molar-refractivity contribution in [3.63, 3.8) is 0 Å². The second kappa shape index (κ2) is 11.5. The summed E-state index contributed by atoms with van der Waals surface area (Å²) in [5.41, 5.74) is 1.52. The number of ether oxygens (including phenoxy) is 4. The highest BCUT2D eigenvalue weighted by Crippen LogP contribution is 2.31. The van der Waals surface area contributed by atoms with Gasteiger partial charge in [0, 0.05) is 5.57 Å². The van der Waals surface area contributed by atoms with E-state index in [2.05, 4.69) is 6.58 Å². The van der Waals surface area contributed by atoms with E-state index in [1.807, 2.05) is 90.1 Å². The fraction of sp³-hybridized carbons (Fsp3) is 0.312. The number of esters is 2. The average Bonchev–Trinajstić information content (AvgIpc) is 2.82. The van der Waals surface area contributed by atoms with Gasteiger partial charge in [0.05, 0.1) is 5.56 Å². The zero-order valence-corrected chi connectivity index (χ0v) is 23.2. The summed E-state index contributed by atoms with van der Waals surface area (Å²) in [6.45, 7) is 17.0. The SMILES string of the molecule is C=C(C)C(=O)Oc1ccc(C(=O)OC(c2ccc(OC(C)(C)C)cc2)c2ccc(OC(C)(C)C)cc2)cc1. The lowest BCUT2D eigenvalue weighted by Crippen LogP contribution is -2.23. The highest BCUT2D eigenvalue weighted by atomic mass is 16.5. The van der Waals surface area contributed by atoms with E-state index in [1.54, 1.807) is 31.2 Å². The summed E-state index contributed by atoms with van der Waals surface area (Å²) in [6, 6.07) is 21.2. The summed E-state index contributed by atoms with van der Waals surface area (Å²) in [5, 5.41) is 0. The molecule has 0 aliphatic carbocycles. The molecule has 3 aromatic carbocycles. The first-order valence-corrected chi connectivity index (χ1v) is 12.5. The Bertz CT molecular complexity index is 1200. The molecule has 38 heavy (non-hydrogen) atoms. The first-order valence-electron chi connectivity index (χ1n) is 12.5. The van der Waals surface area contributed by atoms with Crippen LogP contribution in [0.5, 0.6) is 17.2 Å². The minimum atomic E-state index is -0.671. The van der Waals surface area contributed by atoms with E-state index < -0.39 is 18.0 Å². The van der Waals surface area contributed by atoms with Gasteiger partial charge in [-0.2, -0.15) is 0 Å². The van der Waals surface area contributed by atoms with E-state index in [9.17, 15) is 9.59 Å². The lowest BCUT2D eigenvalue weighted by Gasteiger charge is -2.24. The summed E-state index contributed by atoms with van der Waals surface area (Å²) < 4.78 is 23.1. The van der Waals surface area contributed by atoms with Crippen molar-refractivity contribution in [3.8, 4) is 17.2 Å². The molecule has 0 bridgehead atoms. The molecule has 6 nitrogen and oxygen atoms in total. The molecule has 0 atom stereocenters. The molecule has 0 aliphatic heterocycles. The molecular weight excluding hydrogens is 480 g/mol. The molecule has 0 fully saturated rings. The van der Waals surface area contributed by atoms with Crippen molar-refractivity contribution < 1.29 is 28.5 Å². The Morgan fingerprint density at radius 1 is 0.658 bits per heavy atom. The van der Waals surface area contributed by atoms with Gasteiger partial charge < -0.3 is 18.9 Å². The van der Waals surface area contributed by atoms with Gasteiger partial charge in [0.2, 0.25) is 0 Å². The van der Waals surface area contributed by atoms with E-state index in [0.717, 1.165) is 22.6 Å². The van der Waals surface area contributed by atoms with Gasteiger partial charge in [-0.15, -0.1) is 0 Å². The fourth-order valence-electron chi connectivity index (χ4n) is 3.49. The van der Waals surface area contributed by atoms with Gasteiger partial charge in [0.15, 0.2) is 6.10 Å². The summed E-state index contributed by atoms with van der Waals surface area (Å²) in [7, 11) is 0. The molecule has 0 amide bonds. The Hall–Kier alpha value is -4.06. The highest BCUT2D eigenvalue weighted by molar-refractivity contribution is 5.91. The zero-order valence-electron chi connectivity index (χ0n) is 23.2. The van der Waals surface area contributed by atoms with Crippen molar-refractivity contribution in [2.24, 2.45) is 0 Å². The Morgan fingerprint density at radius 2 is 1.05 bits per heavy atom. The van der Waals surface area contributed by atoms with Gasteiger partial charge in [0.25, 0.3) is 0 Å². The monoisotopic (exact) mass is 516 g/mol. The van der Waals surface area contributed by atoms with E-state index in [-0.39, 0.29) is 16.8 Å². The van der Waals surface area contributed by atoms with Crippen LogP contribution >= 0.6 is 0 Å². The molecule has 3 rings (SSSR count). The topological polar surface area (TPSA) is 71.1 Å². The quantitative estimate of drug-likeness (QED) is 0.176. The smallest absolute Gasteiger partial charge is 0.339 e. The van der Waals surface area contributed by atoms with E-state index >= 15 is 0 Å². The van der Waals surface area contributed by atoms with Gasteiger partial charge in [0.1, 0.15) is 28.5 Å². The van der Waals surface area contributed by atoms with Crippen LogP contribution in [-0.2, 0) is 9.53 Å². The number of hydrogen-bond donors (Lipinski definition) is 0. The lowest BCUT2D eigenvalue weighted by molar-refractivity contribution is -0.130. The lowest BCUT2D eigenvalue weighted by atomic mass is 10.0. The van der Waals surface area contributed by atoms with Gasteiger partial charge in [-0.3, -0.25) is 0 Å². The largest absolute Gasteiger partial charge is 0.488 e. The van der Waals surface area contributed by atoms with Crippen molar-refractivity contribution in [1.82, 2.24) is 0 Å². The van der Waals surface area contributed by atoms with Crippen LogP contribution in [0, 0.1) is 0 Å². The molecule has 0 spiro atoms. The third kappa shape index (κ3) is 8.51. The molecular formula is C32H36O6. The van der Waals surface area contributed by atoms with Crippen LogP contribution in [0.3, 0.4) is 0 Å². The van der Waals surface area contributed by atoms with Crippen molar-refractivity contribution in [3.05, 3.63) is 102 Å². The zero-order chi connectivity index (χ0) is 28.1. The third-order valence-electron chi connectivity index (χ3n) is 5.09. The number of carbonyl (C=O) groups excluding carboxylic acids is 2. The highest BCUT2D eigenvalue weighted by Gasteiger charge is 2.22. The molecule has 0 saturated heterocycles. The molecule has 6 heteroatoms. The molecule has 0 aliphatic rings. The molecule has 200 valence electrons. The van der Waals surface area contributed by atoms with Gasteiger partial charge >= 0.3 is 11.9 Å². The number of rotatable bonds is 8. The number of hydrogen-bond acceptors (Lipinski definition) is 6. The predicted molar refractivity (Wildman–Crippen MR) is 148 cm³/mol. The predicted octanol–water partition coefficient (Wildman–Crippen LogP) is 7.47. The van der Waals surface area contributed by atoms with Gasteiger partial charge in [-0.1, -0.05) is 30.8 Å². The van der Waals surface area contributed by atoms with Crippen LogP contribution in [0.2, 0.25) is 0 Å². The standard InChI is InChI=1S/C32H36O6/c1-21(2)29(33)35-25-15-13-24(14-16-25)30(34)36-28(22-9-17-26(18-10-22)37-31(3,4)5)23-11-19-27(20-12-23)38-32(6,7)8/h9-20,28H,1H2,2-8H3. The van der Waals surface area contributed by atoms with Crippen LogP contribution in [0.25, 0.3) is 0 Å². The minimum absolute atomic E-state index is 0.286. The fourth-order valence-corrected chi connectivity index (χ4v) is 3.49. The Labute approximate surface area is 225 Å². The second-order valence-electron chi connectivity index (χ2n) is 11.0. The molecule has 0 unspecified atom stereocenters. The maximum atomic E-state index is 13.2. The average molecular weight is 517 g/mol. The first-order chi connectivity index (χ1) is 17.7. The number of benzene rings is 3. The van der Waals surface area contributed by atoms with Crippen molar-refractivity contribution in [2.45, 2.75) is 65.8 Å². The van der Waals surface area contributed by atoms with E-state index in [4.69, 9.17) is 18.9 Å². The summed E-state index contributed by atoms with van der Waals surface area (Å²) in [6.07, 6.45) is -0.671. The van der Waals surface area contributed by atoms with Crippen molar-refractivity contribution in [1.29, 1.82) is 0 Å². The maximum Gasteiger partial charge on any atom is 0.339 e. The first kappa shape index (κ1) is 28.5. The Morgan fingerprint density at radius 3 is 1.42 bits per heavy atom. The van der Waals surface area contributed by atoms with Crippen LogP contribution in [0.15, 0.2) is 84.9 Å². The van der Waals surface area contributed by atoms with Crippen molar-refractivity contribution in [2.75, 3.05) is 0 Å². The van der Waals surface area contributed by atoms with Crippen molar-refractivity contribution >= 4 is 11.9 Å². The molecule has 0 radical (unpaired) electrons. The summed E-state index contributed by atoms with van der Waals surface area (Å²) in [4.78, 5) is 24.9. The molecule has 0 N–H and O–H groups in total. The minimum Gasteiger partial charge on any atom is -0.488 e. The van der Waals surface area contributed by atoms with E-state index in [1.165, 1.54) is 0 Å². The third-order valence-corrected chi connectivity index (χ3v) is 5.09. The second-order valence-corrected chi connectivity index (χ2v) is 11.0. The Kier molecular flexibility index (Phi) is 8.67. The van der Waals surface area contributed by atoms with Crippen LogP contribution < -0.4 is 14.2 Å². The Balaban J connectivity index is 1.87. The normalized spacial score (nSPS) is 11.6. The van der Waals surface area contributed by atoms with Crippen LogP contribution in [0.4, 0.5) is 0 Å². The molecule has 0 saturated carbocycles. The van der Waals surface area contributed by atoms with Gasteiger partial charge in [-0.25, -0.2) is 9.59 Å². The number of carbonyl (C=O) groups is 2. The molecule has 0 aromatic heterocycles. The van der Waals surface area contributed by atoms with Crippen LogP contribution in [-0.4, -0.2) is 23.1 Å². The maximum absolute atomic E-state index is 13.2. The molecule has 0 heterocycles. The summed E-state index contributed by atoms with van der Waals surface area (Å²) >= 11 is 0. The molecule has 3 aromatic rings. The summed E-state index contributed by atoms with van der Waals surface area (Å²) in [5.74, 6) is 0.714. The van der Waals surface area contributed by atoms with E-state index in [0.29, 0.717) is 11.3 Å². The van der Waals surface area contributed by atoms with Crippen LogP contribution in [0.1, 0.15) is 76.1 Å². The van der Waals surface area contributed by atoms with Gasteiger partial charge in [-0.05, 0) is 108 Å².